The van der Waals surface area contributed by atoms with E-state index in [0.29, 0.717) is 12.5 Å². The van der Waals surface area contributed by atoms with Crippen molar-refractivity contribution in [2.75, 3.05) is 13.1 Å². The minimum absolute atomic E-state index is 0. The molecule has 4 N–H and O–H groups in total. The molecule has 6 nitrogen and oxygen atoms in total. The maximum Gasteiger partial charge on any atom is 0.238 e. The molecule has 26 heavy (non-hydrogen) atoms. The van der Waals surface area contributed by atoms with Gasteiger partial charge >= 0.3 is 0 Å². The van der Waals surface area contributed by atoms with Crippen LogP contribution in [-0.4, -0.2) is 27.5 Å². The standard InChI is InChI=1S/C18H24N4O2S.HI/c1-2-20-18(21-12-11-15-7-4-3-5-8-15)22-14-16-9-6-10-17(13-16)25(19,23)24;/h3-10,13H,2,11-12,14H2,1H3,(H2,19,23,24)(H2,20,21,22);1H. The normalized spacial score (nSPS) is 11.5. The molecule has 0 bridgehead atoms. The zero-order valence-corrected chi connectivity index (χ0v) is 17.8. The number of guanidine groups is 1. The highest BCUT2D eigenvalue weighted by molar-refractivity contribution is 14.0. The zero-order chi connectivity index (χ0) is 18.1. The first-order valence-corrected chi connectivity index (χ1v) is 9.71. The molecule has 142 valence electrons. The minimum Gasteiger partial charge on any atom is -0.357 e. The highest BCUT2D eigenvalue weighted by Gasteiger charge is 2.07. The summed E-state index contributed by atoms with van der Waals surface area (Å²) < 4.78 is 22.8. The van der Waals surface area contributed by atoms with E-state index in [4.69, 9.17) is 5.14 Å². The van der Waals surface area contributed by atoms with Crippen molar-refractivity contribution in [2.45, 2.75) is 24.8 Å². The maximum atomic E-state index is 11.4. The van der Waals surface area contributed by atoms with Crippen LogP contribution in [0.15, 0.2) is 64.5 Å². The second-order valence-electron chi connectivity index (χ2n) is 5.55. The van der Waals surface area contributed by atoms with E-state index in [1.807, 2.05) is 31.2 Å². The van der Waals surface area contributed by atoms with E-state index in [2.05, 4.69) is 27.8 Å². The minimum atomic E-state index is -3.70. The average Bonchev–Trinajstić information content (AvgIpc) is 2.60. The summed E-state index contributed by atoms with van der Waals surface area (Å²) in [6.07, 6.45) is 0.895. The summed E-state index contributed by atoms with van der Waals surface area (Å²) in [6, 6.07) is 16.7. The molecule has 0 fully saturated rings. The first-order chi connectivity index (χ1) is 12.0. The van der Waals surface area contributed by atoms with E-state index in [1.54, 1.807) is 12.1 Å². The lowest BCUT2D eigenvalue weighted by Gasteiger charge is -2.11. The number of primary sulfonamides is 1. The Morgan fingerprint density at radius 1 is 1.04 bits per heavy atom. The number of sulfonamides is 1. The molecule has 0 aliphatic heterocycles. The number of nitrogens with zero attached hydrogens (tertiary/aromatic N) is 1. The van der Waals surface area contributed by atoms with Gasteiger partial charge in [0.25, 0.3) is 0 Å². The van der Waals surface area contributed by atoms with Crippen LogP contribution in [0.4, 0.5) is 0 Å². The molecule has 0 saturated carbocycles. The SMILES string of the molecule is CCNC(=NCc1cccc(S(N)(=O)=O)c1)NCCc1ccccc1.I. The molecule has 8 heteroatoms. The molecule has 0 unspecified atom stereocenters. The van der Waals surface area contributed by atoms with Crippen LogP contribution in [0, 0.1) is 0 Å². The van der Waals surface area contributed by atoms with Crippen molar-refractivity contribution in [3.63, 3.8) is 0 Å². The smallest absolute Gasteiger partial charge is 0.238 e. The van der Waals surface area contributed by atoms with E-state index in [-0.39, 0.29) is 28.9 Å². The first kappa shape index (κ1) is 22.4. The van der Waals surface area contributed by atoms with Crippen molar-refractivity contribution in [3.8, 4) is 0 Å². The predicted molar refractivity (Wildman–Crippen MR) is 116 cm³/mol. The first-order valence-electron chi connectivity index (χ1n) is 8.17. The van der Waals surface area contributed by atoms with Crippen molar-refractivity contribution in [1.82, 2.24) is 10.6 Å². The fourth-order valence-electron chi connectivity index (χ4n) is 2.30. The summed E-state index contributed by atoms with van der Waals surface area (Å²) in [7, 11) is -3.70. The lowest BCUT2D eigenvalue weighted by atomic mass is 10.1. The van der Waals surface area contributed by atoms with Crippen molar-refractivity contribution < 1.29 is 8.42 Å². The molecule has 2 rings (SSSR count). The van der Waals surface area contributed by atoms with Gasteiger partial charge in [0.15, 0.2) is 5.96 Å². The fraction of sp³-hybridized carbons (Fsp3) is 0.278. The van der Waals surface area contributed by atoms with Crippen LogP contribution in [0.25, 0.3) is 0 Å². The van der Waals surface area contributed by atoms with Crippen LogP contribution in [0.5, 0.6) is 0 Å². The molecular weight excluding hydrogens is 463 g/mol. The number of benzene rings is 2. The van der Waals surface area contributed by atoms with Gasteiger partial charge in [0.2, 0.25) is 10.0 Å². The Kier molecular flexibility index (Phi) is 9.60. The lowest BCUT2D eigenvalue weighted by Crippen LogP contribution is -2.38. The van der Waals surface area contributed by atoms with E-state index < -0.39 is 10.0 Å². The Labute approximate surface area is 172 Å². The molecule has 0 radical (unpaired) electrons. The van der Waals surface area contributed by atoms with Crippen molar-refractivity contribution in [1.29, 1.82) is 0 Å². The Morgan fingerprint density at radius 3 is 2.38 bits per heavy atom. The van der Waals surface area contributed by atoms with Crippen LogP contribution in [-0.2, 0) is 23.0 Å². The largest absolute Gasteiger partial charge is 0.357 e. The molecule has 0 heterocycles. The monoisotopic (exact) mass is 488 g/mol. The Balaban J connectivity index is 0.00000338. The van der Waals surface area contributed by atoms with Crippen LogP contribution >= 0.6 is 24.0 Å². The van der Waals surface area contributed by atoms with E-state index >= 15 is 0 Å². The maximum absolute atomic E-state index is 11.4. The average molecular weight is 488 g/mol. The van der Waals surface area contributed by atoms with Gasteiger partial charge in [0.05, 0.1) is 11.4 Å². The number of nitrogens with one attached hydrogen (secondary N) is 2. The van der Waals surface area contributed by atoms with Gasteiger partial charge in [-0.15, -0.1) is 24.0 Å². The zero-order valence-electron chi connectivity index (χ0n) is 14.7. The second-order valence-corrected chi connectivity index (χ2v) is 7.11. The number of nitrogens with two attached hydrogens (primary N) is 1. The number of hydrogen-bond acceptors (Lipinski definition) is 3. The van der Waals surface area contributed by atoms with Crippen LogP contribution < -0.4 is 15.8 Å². The Hall–Kier alpha value is -1.65. The molecule has 2 aromatic rings. The summed E-state index contributed by atoms with van der Waals surface area (Å²) in [5, 5.41) is 11.6. The third-order valence-electron chi connectivity index (χ3n) is 3.54. The van der Waals surface area contributed by atoms with E-state index in [9.17, 15) is 8.42 Å². The van der Waals surface area contributed by atoms with E-state index in [1.165, 1.54) is 11.6 Å². The number of aliphatic imine (C=N–C) groups is 1. The molecule has 0 atom stereocenters. The predicted octanol–water partition coefficient (Wildman–Crippen LogP) is 2.25. The summed E-state index contributed by atoms with van der Waals surface area (Å²) in [5.41, 5.74) is 2.04. The molecule has 0 aliphatic carbocycles. The third-order valence-corrected chi connectivity index (χ3v) is 4.45. The van der Waals surface area contributed by atoms with Crippen LogP contribution in [0.1, 0.15) is 18.1 Å². The summed E-state index contributed by atoms with van der Waals surface area (Å²) in [4.78, 5) is 4.60. The lowest BCUT2D eigenvalue weighted by molar-refractivity contribution is 0.597. The Bertz CT molecular complexity index is 811. The number of rotatable bonds is 7. The Morgan fingerprint density at radius 2 is 1.73 bits per heavy atom. The molecular formula is C18H25IN4O2S. The van der Waals surface area contributed by atoms with Gasteiger partial charge in [-0.1, -0.05) is 42.5 Å². The fourth-order valence-corrected chi connectivity index (χ4v) is 2.89. The second kappa shape index (κ2) is 11.1. The molecule has 0 amide bonds. The topological polar surface area (TPSA) is 96.6 Å². The molecule has 0 aliphatic rings. The van der Waals surface area contributed by atoms with E-state index in [0.717, 1.165) is 25.1 Å². The molecule has 0 saturated heterocycles. The molecule has 0 aromatic heterocycles. The van der Waals surface area contributed by atoms with Gasteiger partial charge in [0.1, 0.15) is 0 Å². The summed E-state index contributed by atoms with van der Waals surface area (Å²) in [5.74, 6) is 0.694. The number of hydrogen-bond donors (Lipinski definition) is 3. The summed E-state index contributed by atoms with van der Waals surface area (Å²) >= 11 is 0. The van der Waals surface area contributed by atoms with Gasteiger partial charge in [0, 0.05) is 13.1 Å². The molecule has 0 spiro atoms. The molecule has 2 aromatic carbocycles. The third kappa shape index (κ3) is 7.71. The number of halogens is 1. The van der Waals surface area contributed by atoms with Gasteiger partial charge in [-0.2, -0.15) is 0 Å². The highest BCUT2D eigenvalue weighted by atomic mass is 127. The van der Waals surface area contributed by atoms with Gasteiger partial charge in [-0.3, -0.25) is 0 Å². The quantitative estimate of drug-likeness (QED) is 0.317. The van der Waals surface area contributed by atoms with Gasteiger partial charge in [-0.05, 0) is 36.6 Å². The van der Waals surface area contributed by atoms with Gasteiger partial charge < -0.3 is 10.6 Å². The summed E-state index contributed by atoms with van der Waals surface area (Å²) in [6.45, 7) is 3.86. The van der Waals surface area contributed by atoms with Crippen molar-refractivity contribution in [3.05, 3.63) is 65.7 Å². The van der Waals surface area contributed by atoms with Gasteiger partial charge in [-0.25, -0.2) is 18.5 Å². The van der Waals surface area contributed by atoms with Crippen molar-refractivity contribution in [2.24, 2.45) is 10.1 Å². The van der Waals surface area contributed by atoms with Crippen LogP contribution in [0.2, 0.25) is 0 Å². The van der Waals surface area contributed by atoms with Crippen molar-refractivity contribution >= 4 is 40.0 Å². The van der Waals surface area contributed by atoms with Crippen LogP contribution in [0.3, 0.4) is 0 Å². The highest BCUT2D eigenvalue weighted by Crippen LogP contribution is 2.10.